The van der Waals surface area contributed by atoms with Crippen LogP contribution in [-0.4, -0.2) is 43.0 Å². The van der Waals surface area contributed by atoms with E-state index in [0.717, 1.165) is 48.2 Å². The minimum atomic E-state index is 0.401. The van der Waals surface area contributed by atoms with Gasteiger partial charge in [-0.2, -0.15) is 0 Å². The van der Waals surface area contributed by atoms with E-state index >= 15 is 0 Å². The fourth-order valence-corrected chi connectivity index (χ4v) is 3.31. The molecule has 1 aromatic carbocycles. The number of amidine groups is 1. The number of ether oxygens (including phenoxy) is 1. The predicted molar refractivity (Wildman–Crippen MR) is 102 cm³/mol. The first-order chi connectivity index (χ1) is 11.7. The van der Waals surface area contributed by atoms with Gasteiger partial charge in [-0.05, 0) is 35.4 Å². The molecule has 0 amide bonds. The maximum atomic E-state index is 8.13. The zero-order valence-corrected chi connectivity index (χ0v) is 15.2. The number of thiophene rings is 1. The molecule has 0 saturated heterocycles. The number of nitrogens with one attached hydrogen (secondary N) is 2. The van der Waals surface area contributed by atoms with Crippen LogP contribution in [0.1, 0.15) is 11.8 Å². The lowest BCUT2D eigenvalue weighted by molar-refractivity contribution is 0.305. The van der Waals surface area contributed by atoms with Crippen LogP contribution in [0.5, 0.6) is 5.75 Å². The van der Waals surface area contributed by atoms with Crippen molar-refractivity contribution >= 4 is 40.3 Å². The Morgan fingerprint density at radius 2 is 2.33 bits per heavy atom. The second-order valence-corrected chi connectivity index (χ2v) is 6.92. The van der Waals surface area contributed by atoms with Gasteiger partial charge < -0.3 is 15.0 Å². The smallest absolute Gasteiger partial charge is 0.144 e. The summed E-state index contributed by atoms with van der Waals surface area (Å²) in [7, 11) is 0. The van der Waals surface area contributed by atoms with Crippen molar-refractivity contribution in [3.05, 3.63) is 40.6 Å². The van der Waals surface area contributed by atoms with Crippen LogP contribution in [0.3, 0.4) is 0 Å². The molecule has 2 aromatic rings. The number of fused-ring (bicyclic) bond motifs is 1. The molecule has 2 N–H and O–H groups in total. The molecule has 0 saturated carbocycles. The van der Waals surface area contributed by atoms with Crippen LogP contribution in [0.4, 0.5) is 11.4 Å². The third-order valence-electron chi connectivity index (χ3n) is 3.91. The topological polar surface area (TPSA) is 51.6 Å². The lowest BCUT2D eigenvalue weighted by atomic mass is 10.2. The molecule has 0 fully saturated rings. The third kappa shape index (κ3) is 4.01. The highest BCUT2D eigenvalue weighted by atomic mass is 35.5. The Morgan fingerprint density at radius 1 is 1.46 bits per heavy atom. The zero-order chi connectivity index (χ0) is 16.9. The molecule has 3 rings (SSSR count). The van der Waals surface area contributed by atoms with E-state index < -0.39 is 0 Å². The standard InChI is InChI=1S/C17H21ClN4OS/c1-2-22(18)8-7-21-9-10-23-15-12-13(5-6-14(15)21)20-17(19)16-4-3-11-24-16/h3-6,11-12H,2,7-10H2,1H3,(H2,19,20). The number of benzene rings is 1. The summed E-state index contributed by atoms with van der Waals surface area (Å²) in [5.74, 6) is 1.25. The van der Waals surface area contributed by atoms with Crippen molar-refractivity contribution in [2.75, 3.05) is 43.0 Å². The minimum Gasteiger partial charge on any atom is -0.489 e. The van der Waals surface area contributed by atoms with Crippen molar-refractivity contribution in [1.29, 1.82) is 5.41 Å². The van der Waals surface area contributed by atoms with E-state index in [0.29, 0.717) is 12.4 Å². The Labute approximate surface area is 151 Å². The van der Waals surface area contributed by atoms with E-state index in [4.69, 9.17) is 21.9 Å². The van der Waals surface area contributed by atoms with Crippen LogP contribution in [0, 0.1) is 5.41 Å². The van der Waals surface area contributed by atoms with Gasteiger partial charge in [0.05, 0.1) is 17.1 Å². The Morgan fingerprint density at radius 3 is 3.08 bits per heavy atom. The summed E-state index contributed by atoms with van der Waals surface area (Å²) in [5.41, 5.74) is 1.94. The van der Waals surface area contributed by atoms with Crippen LogP contribution in [0.25, 0.3) is 0 Å². The van der Waals surface area contributed by atoms with Crippen LogP contribution >= 0.6 is 23.1 Å². The first kappa shape index (κ1) is 17.1. The highest BCUT2D eigenvalue weighted by molar-refractivity contribution is 7.12. The fourth-order valence-electron chi connectivity index (χ4n) is 2.60. The van der Waals surface area contributed by atoms with Gasteiger partial charge in [0.25, 0.3) is 0 Å². The molecular formula is C17H21ClN4OS. The summed E-state index contributed by atoms with van der Waals surface area (Å²) >= 11 is 7.63. The van der Waals surface area contributed by atoms with Crippen molar-refractivity contribution in [3.8, 4) is 5.75 Å². The zero-order valence-electron chi connectivity index (χ0n) is 13.6. The first-order valence-electron chi connectivity index (χ1n) is 7.99. The SMILES string of the molecule is CCN(Cl)CCN1CCOc2cc(NC(=N)c3cccs3)ccc21. The summed E-state index contributed by atoms with van der Waals surface area (Å²) in [6, 6.07) is 9.87. The number of halogens is 1. The highest BCUT2D eigenvalue weighted by Gasteiger charge is 2.19. The van der Waals surface area contributed by atoms with Crippen molar-refractivity contribution < 1.29 is 4.74 Å². The number of anilines is 2. The Hall–Kier alpha value is -1.76. The Bertz CT molecular complexity index is 692. The lowest BCUT2D eigenvalue weighted by Gasteiger charge is -2.32. The van der Waals surface area contributed by atoms with Crippen LogP contribution < -0.4 is 15.0 Å². The van der Waals surface area contributed by atoms with Crippen LogP contribution in [-0.2, 0) is 0 Å². The summed E-state index contributed by atoms with van der Waals surface area (Å²) < 4.78 is 7.59. The molecule has 0 aliphatic carbocycles. The quantitative estimate of drug-likeness (QED) is 0.464. The molecule has 5 nitrogen and oxygen atoms in total. The van der Waals surface area contributed by atoms with E-state index in [1.807, 2.05) is 42.6 Å². The average molecular weight is 365 g/mol. The second-order valence-electron chi connectivity index (χ2n) is 5.50. The number of likely N-dealkylation sites (N-methyl/N-ethyl adjacent to an activating group) is 1. The van der Waals surface area contributed by atoms with Crippen molar-refractivity contribution in [2.24, 2.45) is 0 Å². The van der Waals surface area contributed by atoms with Gasteiger partial charge in [-0.1, -0.05) is 13.0 Å². The summed E-state index contributed by atoms with van der Waals surface area (Å²) in [5, 5.41) is 13.2. The summed E-state index contributed by atoms with van der Waals surface area (Å²) in [6.45, 7) is 6.06. The van der Waals surface area contributed by atoms with E-state index in [2.05, 4.69) is 10.2 Å². The maximum absolute atomic E-state index is 8.13. The number of rotatable bonds is 6. The Balaban J connectivity index is 1.70. The normalized spacial score (nSPS) is 13.5. The number of hydrogen-bond donors (Lipinski definition) is 2. The van der Waals surface area contributed by atoms with Crippen molar-refractivity contribution in [1.82, 2.24) is 4.42 Å². The molecule has 0 unspecified atom stereocenters. The lowest BCUT2D eigenvalue weighted by Crippen LogP contribution is -2.37. The monoisotopic (exact) mass is 364 g/mol. The molecule has 0 atom stereocenters. The molecule has 0 spiro atoms. The average Bonchev–Trinajstić information content (AvgIpc) is 3.14. The number of nitrogens with zero attached hydrogens (tertiary/aromatic N) is 2. The highest BCUT2D eigenvalue weighted by Crippen LogP contribution is 2.34. The molecule has 1 aliphatic heterocycles. The molecule has 24 heavy (non-hydrogen) atoms. The van der Waals surface area contributed by atoms with Crippen molar-refractivity contribution in [3.63, 3.8) is 0 Å². The minimum absolute atomic E-state index is 0.401. The van der Waals surface area contributed by atoms with E-state index in [-0.39, 0.29) is 0 Å². The fraction of sp³-hybridized carbons (Fsp3) is 0.353. The van der Waals surface area contributed by atoms with Gasteiger partial charge in [0.1, 0.15) is 18.2 Å². The number of hydrogen-bond acceptors (Lipinski definition) is 5. The molecule has 2 heterocycles. The van der Waals surface area contributed by atoms with Gasteiger partial charge in [-0.15, -0.1) is 11.3 Å². The van der Waals surface area contributed by atoms with E-state index in [1.165, 1.54) is 0 Å². The molecular weight excluding hydrogens is 344 g/mol. The second kappa shape index (κ2) is 7.88. The Kier molecular flexibility index (Phi) is 5.60. The molecule has 0 radical (unpaired) electrons. The predicted octanol–water partition coefficient (Wildman–Crippen LogP) is 3.86. The van der Waals surface area contributed by atoms with Gasteiger partial charge in [0.2, 0.25) is 0 Å². The maximum Gasteiger partial charge on any atom is 0.144 e. The van der Waals surface area contributed by atoms with Gasteiger partial charge in [-0.3, -0.25) is 5.41 Å². The van der Waals surface area contributed by atoms with Gasteiger partial charge in [-0.25, -0.2) is 4.42 Å². The molecule has 1 aromatic heterocycles. The van der Waals surface area contributed by atoms with Gasteiger partial charge in [0, 0.05) is 31.4 Å². The van der Waals surface area contributed by atoms with Crippen LogP contribution in [0.2, 0.25) is 0 Å². The third-order valence-corrected chi connectivity index (χ3v) is 5.21. The summed E-state index contributed by atoms with van der Waals surface area (Å²) in [4.78, 5) is 3.20. The van der Waals surface area contributed by atoms with E-state index in [9.17, 15) is 0 Å². The molecule has 0 bridgehead atoms. The summed E-state index contributed by atoms with van der Waals surface area (Å²) in [6.07, 6.45) is 0. The molecule has 128 valence electrons. The largest absolute Gasteiger partial charge is 0.489 e. The van der Waals surface area contributed by atoms with Gasteiger partial charge >= 0.3 is 0 Å². The molecule has 1 aliphatic rings. The first-order valence-corrected chi connectivity index (χ1v) is 9.21. The van der Waals surface area contributed by atoms with Crippen LogP contribution in [0.15, 0.2) is 35.7 Å². The van der Waals surface area contributed by atoms with Crippen molar-refractivity contribution in [2.45, 2.75) is 6.92 Å². The van der Waals surface area contributed by atoms with Gasteiger partial charge in [0.15, 0.2) is 0 Å². The molecule has 7 heteroatoms. The van der Waals surface area contributed by atoms with E-state index in [1.54, 1.807) is 15.8 Å².